The van der Waals surface area contributed by atoms with Gasteiger partial charge in [-0.25, -0.2) is 8.42 Å². The van der Waals surface area contributed by atoms with Crippen molar-refractivity contribution in [1.82, 2.24) is 5.32 Å². The van der Waals surface area contributed by atoms with Crippen LogP contribution in [-0.2, 0) is 16.3 Å². The highest BCUT2D eigenvalue weighted by Crippen LogP contribution is 2.31. The van der Waals surface area contributed by atoms with Gasteiger partial charge in [0.05, 0.1) is 11.5 Å². The van der Waals surface area contributed by atoms with Crippen LogP contribution in [0.15, 0.2) is 24.3 Å². The summed E-state index contributed by atoms with van der Waals surface area (Å²) in [6, 6.07) is 8.72. The summed E-state index contributed by atoms with van der Waals surface area (Å²) < 4.78 is 23.5. The van der Waals surface area contributed by atoms with E-state index in [1.165, 1.54) is 11.1 Å². The van der Waals surface area contributed by atoms with Gasteiger partial charge in [-0.15, -0.1) is 0 Å². The molecule has 4 heteroatoms. The smallest absolute Gasteiger partial charge is 0.150 e. The molecular formula is C16H25NO2S. The molecule has 1 aromatic carbocycles. The lowest BCUT2D eigenvalue weighted by molar-refractivity contribution is 0.392. The maximum Gasteiger partial charge on any atom is 0.150 e. The van der Waals surface area contributed by atoms with Gasteiger partial charge in [-0.3, -0.25) is 0 Å². The molecule has 1 N–H and O–H groups in total. The maximum absolute atomic E-state index is 11.7. The van der Waals surface area contributed by atoms with Gasteiger partial charge in [-0.05, 0) is 42.9 Å². The van der Waals surface area contributed by atoms with Crippen LogP contribution in [0, 0.1) is 5.92 Å². The zero-order chi connectivity index (χ0) is 14.6. The van der Waals surface area contributed by atoms with Crippen molar-refractivity contribution >= 4 is 9.84 Å². The zero-order valence-electron chi connectivity index (χ0n) is 12.4. The van der Waals surface area contributed by atoms with E-state index in [4.69, 9.17) is 0 Å². The van der Waals surface area contributed by atoms with Gasteiger partial charge >= 0.3 is 0 Å². The first kappa shape index (κ1) is 15.5. The molecule has 1 saturated heterocycles. The molecule has 0 amide bonds. The minimum absolute atomic E-state index is 0.165. The fourth-order valence-corrected chi connectivity index (χ4v) is 4.79. The third-order valence-corrected chi connectivity index (χ3v) is 5.87. The Balaban J connectivity index is 2.22. The molecule has 1 aromatic rings. The largest absolute Gasteiger partial charge is 0.310 e. The SMILES string of the molecule is CCCNC(c1cccc(CC)c1)C1CCS(=O)(=O)C1. The predicted octanol–water partition coefficient (Wildman–Crippen LogP) is 2.72. The van der Waals surface area contributed by atoms with Crippen molar-refractivity contribution in [3.63, 3.8) is 0 Å². The van der Waals surface area contributed by atoms with Crippen LogP contribution >= 0.6 is 0 Å². The summed E-state index contributed by atoms with van der Waals surface area (Å²) >= 11 is 0. The van der Waals surface area contributed by atoms with E-state index in [9.17, 15) is 8.42 Å². The van der Waals surface area contributed by atoms with E-state index in [1.807, 2.05) is 0 Å². The summed E-state index contributed by atoms with van der Waals surface area (Å²) in [6.07, 6.45) is 2.85. The topological polar surface area (TPSA) is 46.2 Å². The maximum atomic E-state index is 11.7. The lowest BCUT2D eigenvalue weighted by Gasteiger charge is -2.25. The van der Waals surface area contributed by atoms with Crippen molar-refractivity contribution in [2.75, 3.05) is 18.1 Å². The monoisotopic (exact) mass is 295 g/mol. The standard InChI is InChI=1S/C16H25NO2S/c1-3-9-17-16(15-8-10-20(18,19)12-15)14-7-5-6-13(4-2)11-14/h5-7,11,15-17H,3-4,8-10,12H2,1-2H3. The Bertz CT molecular complexity index is 539. The van der Waals surface area contributed by atoms with Crippen LogP contribution in [0.2, 0.25) is 0 Å². The first-order chi connectivity index (χ1) is 9.55. The molecule has 1 fully saturated rings. The minimum Gasteiger partial charge on any atom is -0.310 e. The van der Waals surface area contributed by atoms with Crippen LogP contribution < -0.4 is 5.32 Å². The fraction of sp³-hybridized carbons (Fsp3) is 0.625. The van der Waals surface area contributed by atoms with E-state index in [0.29, 0.717) is 11.5 Å². The van der Waals surface area contributed by atoms with E-state index >= 15 is 0 Å². The Labute approximate surface area is 122 Å². The summed E-state index contributed by atoms with van der Waals surface area (Å²) in [7, 11) is -2.83. The van der Waals surface area contributed by atoms with Gasteiger partial charge < -0.3 is 5.32 Å². The molecule has 3 nitrogen and oxygen atoms in total. The highest BCUT2D eigenvalue weighted by Gasteiger charge is 2.34. The second-order valence-corrected chi connectivity index (χ2v) is 7.92. The van der Waals surface area contributed by atoms with Crippen molar-refractivity contribution in [1.29, 1.82) is 0 Å². The van der Waals surface area contributed by atoms with Crippen molar-refractivity contribution in [2.45, 2.75) is 39.2 Å². The number of hydrogen-bond donors (Lipinski definition) is 1. The first-order valence-electron chi connectivity index (χ1n) is 7.58. The number of nitrogens with one attached hydrogen (secondary N) is 1. The highest BCUT2D eigenvalue weighted by molar-refractivity contribution is 7.91. The van der Waals surface area contributed by atoms with Crippen LogP contribution in [0.25, 0.3) is 0 Å². The molecule has 0 aromatic heterocycles. The Morgan fingerprint density at radius 1 is 1.35 bits per heavy atom. The minimum atomic E-state index is -2.83. The van der Waals surface area contributed by atoms with Gasteiger partial charge in [0.25, 0.3) is 0 Å². The molecule has 1 aliphatic rings. The molecule has 0 saturated carbocycles. The first-order valence-corrected chi connectivity index (χ1v) is 9.40. The average molecular weight is 295 g/mol. The summed E-state index contributed by atoms with van der Waals surface area (Å²) in [5.41, 5.74) is 2.55. The van der Waals surface area contributed by atoms with E-state index in [0.717, 1.165) is 25.8 Å². The number of benzene rings is 1. The molecular weight excluding hydrogens is 270 g/mol. The van der Waals surface area contributed by atoms with E-state index in [2.05, 4.69) is 43.4 Å². The number of rotatable bonds is 6. The van der Waals surface area contributed by atoms with Crippen molar-refractivity contribution in [3.8, 4) is 0 Å². The summed E-state index contributed by atoms with van der Waals surface area (Å²) in [4.78, 5) is 0. The van der Waals surface area contributed by atoms with Crippen LogP contribution in [0.5, 0.6) is 0 Å². The third-order valence-electron chi connectivity index (χ3n) is 4.07. The molecule has 0 radical (unpaired) electrons. The quantitative estimate of drug-likeness (QED) is 0.878. The van der Waals surface area contributed by atoms with E-state index in [-0.39, 0.29) is 12.0 Å². The molecule has 2 atom stereocenters. The van der Waals surface area contributed by atoms with E-state index in [1.54, 1.807) is 0 Å². The van der Waals surface area contributed by atoms with Crippen molar-refractivity contribution < 1.29 is 8.42 Å². The van der Waals surface area contributed by atoms with Crippen molar-refractivity contribution in [3.05, 3.63) is 35.4 Å². The molecule has 2 rings (SSSR count). The Hall–Kier alpha value is -0.870. The second kappa shape index (κ2) is 6.72. The Morgan fingerprint density at radius 3 is 2.75 bits per heavy atom. The molecule has 1 heterocycles. The molecule has 0 aliphatic carbocycles. The molecule has 1 aliphatic heterocycles. The highest BCUT2D eigenvalue weighted by atomic mass is 32.2. The van der Waals surface area contributed by atoms with Crippen LogP contribution in [-0.4, -0.2) is 26.5 Å². The lowest BCUT2D eigenvalue weighted by Crippen LogP contribution is -2.29. The normalized spacial score (nSPS) is 22.8. The van der Waals surface area contributed by atoms with E-state index < -0.39 is 9.84 Å². The van der Waals surface area contributed by atoms with Crippen LogP contribution in [0.4, 0.5) is 0 Å². The zero-order valence-corrected chi connectivity index (χ0v) is 13.2. The Kier molecular flexibility index (Phi) is 5.22. The number of aryl methyl sites for hydroxylation is 1. The van der Waals surface area contributed by atoms with Gasteiger partial charge in [0.2, 0.25) is 0 Å². The molecule has 112 valence electrons. The van der Waals surface area contributed by atoms with Gasteiger partial charge in [0.1, 0.15) is 0 Å². The second-order valence-electron chi connectivity index (χ2n) is 5.69. The van der Waals surface area contributed by atoms with Crippen LogP contribution in [0.1, 0.15) is 43.9 Å². The van der Waals surface area contributed by atoms with Gasteiger partial charge in [-0.2, -0.15) is 0 Å². The van der Waals surface area contributed by atoms with Gasteiger partial charge in [-0.1, -0.05) is 38.1 Å². The van der Waals surface area contributed by atoms with Crippen molar-refractivity contribution in [2.24, 2.45) is 5.92 Å². The molecule has 20 heavy (non-hydrogen) atoms. The predicted molar refractivity (Wildman–Crippen MR) is 83.6 cm³/mol. The average Bonchev–Trinajstić information content (AvgIpc) is 2.80. The molecule has 0 spiro atoms. The number of hydrogen-bond acceptors (Lipinski definition) is 3. The Morgan fingerprint density at radius 2 is 2.15 bits per heavy atom. The summed E-state index contributed by atoms with van der Waals surface area (Å²) in [5.74, 6) is 0.874. The fourth-order valence-electron chi connectivity index (χ4n) is 2.95. The molecule has 0 bridgehead atoms. The van der Waals surface area contributed by atoms with Crippen LogP contribution in [0.3, 0.4) is 0 Å². The summed E-state index contributed by atoms with van der Waals surface area (Å²) in [6.45, 7) is 5.21. The van der Waals surface area contributed by atoms with Gasteiger partial charge in [0, 0.05) is 6.04 Å². The summed E-state index contributed by atoms with van der Waals surface area (Å²) in [5, 5.41) is 3.55. The lowest BCUT2D eigenvalue weighted by atomic mass is 9.91. The van der Waals surface area contributed by atoms with Gasteiger partial charge in [0.15, 0.2) is 9.84 Å². The molecule has 2 unspecified atom stereocenters. The number of sulfone groups is 1. The third kappa shape index (κ3) is 3.83.